The van der Waals surface area contributed by atoms with Crippen molar-refractivity contribution in [2.45, 2.75) is 25.1 Å². The fourth-order valence-electron chi connectivity index (χ4n) is 6.33. The van der Waals surface area contributed by atoms with E-state index in [1.807, 2.05) is 144 Å². The number of para-hydroxylation sites is 2. The van der Waals surface area contributed by atoms with E-state index in [1.165, 1.54) is 0 Å². The first kappa shape index (κ1) is 27.7. The second-order valence-electron chi connectivity index (χ2n) is 11.0. The molecule has 2 atom stereocenters. The molecule has 0 radical (unpaired) electrons. The van der Waals surface area contributed by atoms with Crippen LogP contribution in [-0.2, 0) is 15.3 Å². The number of benzene rings is 5. The van der Waals surface area contributed by atoms with Crippen molar-refractivity contribution >= 4 is 40.5 Å². The molecule has 2 heterocycles. The molecule has 0 spiro atoms. The lowest BCUT2D eigenvalue weighted by Gasteiger charge is -2.47. The van der Waals surface area contributed by atoms with Gasteiger partial charge in [0.2, 0.25) is 5.72 Å². The van der Waals surface area contributed by atoms with Gasteiger partial charge in [0.1, 0.15) is 5.76 Å². The van der Waals surface area contributed by atoms with E-state index < -0.39 is 11.8 Å². The normalized spacial score (nSPS) is 19.5. The zero-order valence-electron chi connectivity index (χ0n) is 24.1. The summed E-state index contributed by atoms with van der Waals surface area (Å²) in [6.07, 6.45) is 0.251. The highest BCUT2D eigenvalue weighted by molar-refractivity contribution is 6.30. The molecule has 0 N–H and O–H groups in total. The van der Waals surface area contributed by atoms with E-state index in [-0.39, 0.29) is 18.2 Å². The highest BCUT2D eigenvalue weighted by Crippen LogP contribution is 2.55. The maximum absolute atomic E-state index is 14.8. The quantitative estimate of drug-likeness (QED) is 0.208. The molecule has 2 unspecified atom stereocenters. The fraction of sp³-hybridized carbons (Fsp3) is 0.105. The summed E-state index contributed by atoms with van der Waals surface area (Å²) in [5, 5.41) is 0.573. The lowest BCUT2D eigenvalue weighted by molar-refractivity contribution is -0.122. The molecule has 5 aromatic rings. The van der Waals surface area contributed by atoms with Gasteiger partial charge in [-0.3, -0.25) is 19.4 Å². The molecule has 5 aromatic carbocycles. The number of rotatable bonds is 4. The van der Waals surface area contributed by atoms with Crippen molar-refractivity contribution in [1.82, 2.24) is 0 Å². The van der Waals surface area contributed by atoms with Gasteiger partial charge in [-0.25, -0.2) is 0 Å². The third-order valence-corrected chi connectivity index (χ3v) is 8.67. The van der Waals surface area contributed by atoms with E-state index in [1.54, 1.807) is 11.8 Å². The van der Waals surface area contributed by atoms with Gasteiger partial charge in [-0.1, -0.05) is 115 Å². The van der Waals surface area contributed by atoms with Crippen LogP contribution in [0, 0.1) is 0 Å². The molecular weight excluding hydrogens is 568 g/mol. The number of hydrogen-bond donors (Lipinski definition) is 0. The van der Waals surface area contributed by atoms with Crippen molar-refractivity contribution < 1.29 is 14.3 Å². The van der Waals surface area contributed by atoms with Crippen molar-refractivity contribution in [3.8, 4) is 0 Å². The SMILES string of the molecule is CC1=C(c2ccccc2)OC2(c3ccc(Cl)cc3)CC(c3ccccc3)N(C(=O)c3ccccc3)c3ccccc3N2C1=O. The van der Waals surface area contributed by atoms with Crippen molar-refractivity contribution in [2.75, 3.05) is 9.80 Å². The van der Waals surface area contributed by atoms with Gasteiger partial charge < -0.3 is 4.74 Å². The number of ether oxygens (including phenoxy) is 1. The predicted octanol–water partition coefficient (Wildman–Crippen LogP) is 8.78. The molecule has 0 bridgehead atoms. The van der Waals surface area contributed by atoms with E-state index >= 15 is 0 Å². The molecule has 44 heavy (non-hydrogen) atoms. The second kappa shape index (κ2) is 11.2. The van der Waals surface area contributed by atoms with Crippen molar-refractivity contribution in [3.05, 3.63) is 172 Å². The van der Waals surface area contributed by atoms with Gasteiger partial charge in [0.15, 0.2) is 0 Å². The van der Waals surface area contributed by atoms with Crippen molar-refractivity contribution in [3.63, 3.8) is 0 Å². The van der Waals surface area contributed by atoms with Crippen LogP contribution < -0.4 is 9.80 Å². The first-order chi connectivity index (χ1) is 21.5. The highest BCUT2D eigenvalue weighted by Gasteiger charge is 2.55. The Bertz CT molecular complexity index is 1870. The Balaban J connectivity index is 1.54. The third kappa shape index (κ3) is 4.57. The number of amides is 2. The third-order valence-electron chi connectivity index (χ3n) is 8.42. The predicted molar refractivity (Wildman–Crippen MR) is 174 cm³/mol. The Morgan fingerprint density at radius 2 is 1.32 bits per heavy atom. The summed E-state index contributed by atoms with van der Waals surface area (Å²) in [7, 11) is 0. The van der Waals surface area contributed by atoms with Crippen LogP contribution in [-0.4, -0.2) is 11.8 Å². The average Bonchev–Trinajstić information content (AvgIpc) is 3.21. The number of fused-ring (bicyclic) bond motifs is 3. The maximum Gasteiger partial charge on any atom is 0.261 e. The molecule has 216 valence electrons. The molecule has 0 aromatic heterocycles. The average molecular weight is 597 g/mol. The zero-order chi connectivity index (χ0) is 30.3. The lowest BCUT2D eigenvalue weighted by Crippen LogP contribution is -2.55. The minimum absolute atomic E-state index is 0.168. The minimum Gasteiger partial charge on any atom is -0.462 e. The summed E-state index contributed by atoms with van der Waals surface area (Å²) in [5.74, 6) is 0.144. The lowest BCUT2D eigenvalue weighted by atomic mass is 9.87. The number of hydrogen-bond acceptors (Lipinski definition) is 3. The number of halogens is 1. The minimum atomic E-state index is -1.32. The molecule has 2 aliphatic heterocycles. The summed E-state index contributed by atoms with van der Waals surface area (Å²) in [5.41, 5.74) is 3.39. The first-order valence-corrected chi connectivity index (χ1v) is 14.9. The van der Waals surface area contributed by atoms with Gasteiger partial charge in [-0.05, 0) is 48.9 Å². The number of carbonyl (C=O) groups excluding carboxylic acids is 2. The van der Waals surface area contributed by atoms with Gasteiger partial charge in [-0.2, -0.15) is 0 Å². The molecular formula is C38H29ClN2O3. The molecule has 0 saturated carbocycles. The Hall–Kier alpha value is -5.13. The van der Waals surface area contributed by atoms with E-state index in [4.69, 9.17) is 16.3 Å². The molecule has 0 aliphatic carbocycles. The van der Waals surface area contributed by atoms with E-state index in [9.17, 15) is 9.59 Å². The van der Waals surface area contributed by atoms with Crippen LogP contribution in [0.3, 0.4) is 0 Å². The van der Waals surface area contributed by atoms with Gasteiger partial charge in [0, 0.05) is 28.1 Å². The Kier molecular flexibility index (Phi) is 7.03. The zero-order valence-corrected chi connectivity index (χ0v) is 24.8. The summed E-state index contributed by atoms with van der Waals surface area (Å²) in [6.45, 7) is 1.80. The van der Waals surface area contributed by atoms with Crippen LogP contribution in [0.4, 0.5) is 11.4 Å². The fourth-order valence-corrected chi connectivity index (χ4v) is 6.46. The topological polar surface area (TPSA) is 49.9 Å². The highest BCUT2D eigenvalue weighted by atomic mass is 35.5. The number of nitrogens with zero attached hydrogens (tertiary/aromatic N) is 2. The van der Waals surface area contributed by atoms with Crippen molar-refractivity contribution in [1.29, 1.82) is 0 Å². The standard InChI is InChI=1S/C38H29ClN2O3/c1-26-35(28-15-7-3-8-16-28)44-38(30-21-23-31(39)24-22-30)25-34(27-13-5-2-6-14-27)40(37(43)29-17-9-4-10-18-29)32-19-11-12-20-33(32)41(38)36(26)42/h2-24,34H,25H2,1H3. The maximum atomic E-state index is 14.8. The molecule has 5 nitrogen and oxygen atoms in total. The summed E-state index contributed by atoms with van der Waals surface area (Å²) >= 11 is 6.39. The number of anilines is 2. The molecule has 6 heteroatoms. The van der Waals surface area contributed by atoms with E-state index in [0.29, 0.717) is 33.3 Å². The summed E-state index contributed by atoms with van der Waals surface area (Å²) < 4.78 is 7.20. The van der Waals surface area contributed by atoms with E-state index in [0.717, 1.165) is 16.7 Å². The van der Waals surface area contributed by atoms with Crippen LogP contribution in [0.15, 0.2) is 145 Å². The van der Waals surface area contributed by atoms with Gasteiger partial charge in [0.05, 0.1) is 23.0 Å². The monoisotopic (exact) mass is 596 g/mol. The number of carbonyl (C=O) groups is 2. The van der Waals surface area contributed by atoms with Crippen LogP contribution in [0.1, 0.15) is 46.4 Å². The Morgan fingerprint density at radius 3 is 1.98 bits per heavy atom. The second-order valence-corrected chi connectivity index (χ2v) is 11.5. The smallest absolute Gasteiger partial charge is 0.261 e. The first-order valence-electron chi connectivity index (χ1n) is 14.6. The molecule has 7 rings (SSSR count). The largest absolute Gasteiger partial charge is 0.462 e. The molecule has 2 aliphatic rings. The van der Waals surface area contributed by atoms with Gasteiger partial charge in [0.25, 0.3) is 11.8 Å². The van der Waals surface area contributed by atoms with Crippen LogP contribution in [0.25, 0.3) is 5.76 Å². The summed E-state index contributed by atoms with van der Waals surface area (Å²) in [6, 6.07) is 43.4. The molecule has 0 saturated heterocycles. The van der Waals surface area contributed by atoms with Crippen LogP contribution in [0.2, 0.25) is 5.02 Å². The summed E-state index contributed by atoms with van der Waals surface area (Å²) in [4.78, 5) is 32.9. The van der Waals surface area contributed by atoms with Crippen LogP contribution >= 0.6 is 11.6 Å². The van der Waals surface area contributed by atoms with E-state index in [2.05, 4.69) is 0 Å². The Labute approximate surface area is 261 Å². The molecule has 2 amide bonds. The van der Waals surface area contributed by atoms with Crippen molar-refractivity contribution in [2.24, 2.45) is 0 Å². The van der Waals surface area contributed by atoms with Gasteiger partial charge >= 0.3 is 0 Å². The molecule has 0 fully saturated rings. The van der Waals surface area contributed by atoms with Crippen LogP contribution in [0.5, 0.6) is 0 Å². The Morgan fingerprint density at radius 1 is 0.750 bits per heavy atom. The van der Waals surface area contributed by atoms with Gasteiger partial charge in [-0.15, -0.1) is 0 Å².